The highest BCUT2D eigenvalue weighted by molar-refractivity contribution is 6.11. The predicted molar refractivity (Wildman–Crippen MR) is 121 cm³/mol. The summed E-state index contributed by atoms with van der Waals surface area (Å²) in [4.78, 5) is 59.7. The molecule has 0 unspecified atom stereocenters. The monoisotopic (exact) mass is 532 g/mol. The average Bonchev–Trinajstić information content (AvgIpc) is 2.80. The molecule has 0 saturated carbocycles. The Balaban J connectivity index is 0.000000856. The SMILES string of the molecule is CC(=O)[C@]1(CCCN)C(=O)N(CC(=O)O)CCN1NC(=O)c1ccc(C(=N)N)cc1.O=C(O)C(F)(F)F. The first-order valence-corrected chi connectivity index (χ1v) is 10.6. The van der Waals surface area contributed by atoms with Crippen molar-refractivity contribution in [3.05, 3.63) is 35.4 Å². The minimum Gasteiger partial charge on any atom is -0.480 e. The van der Waals surface area contributed by atoms with Crippen molar-refractivity contribution in [2.24, 2.45) is 11.5 Å². The third-order valence-electron chi connectivity index (χ3n) is 5.28. The predicted octanol–water partition coefficient (Wildman–Crippen LogP) is -0.456. The fourth-order valence-electron chi connectivity index (χ4n) is 3.46. The lowest BCUT2D eigenvalue weighted by molar-refractivity contribution is -0.192. The Morgan fingerprint density at radius 1 is 1.11 bits per heavy atom. The normalized spacial score (nSPS) is 17.9. The van der Waals surface area contributed by atoms with Crippen LogP contribution in [0.5, 0.6) is 0 Å². The molecule has 1 aliphatic heterocycles. The Labute approximate surface area is 208 Å². The summed E-state index contributed by atoms with van der Waals surface area (Å²) < 4.78 is 31.7. The number of nitrogen functional groups attached to an aromatic ring is 1. The number of rotatable bonds is 9. The molecule has 1 aromatic rings. The molecule has 0 aliphatic carbocycles. The van der Waals surface area contributed by atoms with Crippen molar-refractivity contribution in [1.82, 2.24) is 15.3 Å². The van der Waals surface area contributed by atoms with Crippen LogP contribution in [0.3, 0.4) is 0 Å². The number of carboxylic acid groups (broad SMARTS) is 2. The summed E-state index contributed by atoms with van der Waals surface area (Å²) >= 11 is 0. The van der Waals surface area contributed by atoms with E-state index in [9.17, 15) is 32.3 Å². The van der Waals surface area contributed by atoms with E-state index in [2.05, 4.69) is 5.43 Å². The summed E-state index contributed by atoms with van der Waals surface area (Å²) in [5.41, 5.74) is 12.6. The largest absolute Gasteiger partial charge is 0.490 e. The quantitative estimate of drug-likeness (QED) is 0.136. The number of amides is 2. The number of amidine groups is 1. The maximum absolute atomic E-state index is 13.1. The maximum Gasteiger partial charge on any atom is 0.490 e. The topological polar surface area (TPSA) is 220 Å². The van der Waals surface area contributed by atoms with Gasteiger partial charge in [-0.3, -0.25) is 30.0 Å². The summed E-state index contributed by atoms with van der Waals surface area (Å²) in [7, 11) is 0. The van der Waals surface area contributed by atoms with Crippen LogP contribution in [0.2, 0.25) is 0 Å². The standard InChI is InChI=1S/C19H26N6O5.C2HF3O2/c1-12(26)19(7-2-8-20)18(30)24(11-15(27)28)9-10-25(19)23-17(29)14-5-3-13(4-6-14)16(21)22;3-2(4,5)1(6)7/h3-6H,2,7-11,20H2,1H3,(H3,21,22)(H,23,29)(H,27,28);(H,6,7)/t19-;/m1./s1. The second-order valence-electron chi connectivity index (χ2n) is 7.82. The van der Waals surface area contributed by atoms with E-state index in [1.165, 1.54) is 36.2 Å². The van der Waals surface area contributed by atoms with E-state index in [4.69, 9.17) is 31.9 Å². The van der Waals surface area contributed by atoms with Crippen LogP contribution in [0.25, 0.3) is 0 Å². The zero-order chi connectivity index (χ0) is 28.6. The molecule has 0 radical (unpaired) electrons. The van der Waals surface area contributed by atoms with E-state index in [-0.39, 0.29) is 37.5 Å². The molecule has 0 spiro atoms. The van der Waals surface area contributed by atoms with Gasteiger partial charge in [0.2, 0.25) is 0 Å². The number of hydrazine groups is 1. The van der Waals surface area contributed by atoms with Gasteiger partial charge in [0.1, 0.15) is 12.4 Å². The third kappa shape index (κ3) is 7.97. The van der Waals surface area contributed by atoms with Crippen LogP contribution in [0.1, 0.15) is 35.7 Å². The van der Waals surface area contributed by atoms with Crippen molar-refractivity contribution in [2.45, 2.75) is 31.5 Å². The number of nitrogens with zero attached hydrogens (tertiary/aromatic N) is 2. The molecule has 1 heterocycles. The first-order chi connectivity index (χ1) is 17.1. The van der Waals surface area contributed by atoms with Gasteiger partial charge in [-0.2, -0.15) is 18.2 Å². The lowest BCUT2D eigenvalue weighted by Gasteiger charge is -2.47. The van der Waals surface area contributed by atoms with Crippen molar-refractivity contribution < 1.29 is 47.4 Å². The first kappa shape index (κ1) is 31.0. The lowest BCUT2D eigenvalue weighted by Crippen LogP contribution is -2.73. The van der Waals surface area contributed by atoms with Crippen molar-refractivity contribution in [3.63, 3.8) is 0 Å². The highest BCUT2D eigenvalue weighted by Gasteiger charge is 2.53. The number of hydrogen-bond acceptors (Lipinski definition) is 8. The van der Waals surface area contributed by atoms with Crippen LogP contribution in [0, 0.1) is 5.41 Å². The first-order valence-electron chi connectivity index (χ1n) is 10.6. The van der Waals surface area contributed by atoms with E-state index in [0.29, 0.717) is 12.0 Å². The van der Waals surface area contributed by atoms with Crippen LogP contribution in [-0.4, -0.2) is 93.4 Å². The van der Waals surface area contributed by atoms with Crippen LogP contribution >= 0.6 is 0 Å². The number of nitrogens with one attached hydrogen (secondary N) is 2. The number of hydrogen-bond donors (Lipinski definition) is 6. The van der Waals surface area contributed by atoms with Gasteiger partial charge in [0.05, 0.1) is 0 Å². The highest BCUT2D eigenvalue weighted by atomic mass is 19.4. The summed E-state index contributed by atoms with van der Waals surface area (Å²) in [6.45, 7) is 1.02. The van der Waals surface area contributed by atoms with Crippen molar-refractivity contribution in [1.29, 1.82) is 5.41 Å². The molecule has 2 rings (SSSR count). The number of halogens is 3. The molecule has 13 nitrogen and oxygen atoms in total. The molecule has 0 bridgehead atoms. The number of carbonyl (C=O) groups excluding carboxylic acids is 3. The van der Waals surface area contributed by atoms with Crippen molar-refractivity contribution >= 4 is 35.4 Å². The molecule has 1 saturated heterocycles. The number of carbonyl (C=O) groups is 5. The van der Waals surface area contributed by atoms with Crippen LogP contribution in [0.15, 0.2) is 24.3 Å². The van der Waals surface area contributed by atoms with E-state index < -0.39 is 47.8 Å². The number of carboxylic acids is 2. The van der Waals surface area contributed by atoms with Crippen LogP contribution in [-0.2, 0) is 19.2 Å². The highest BCUT2D eigenvalue weighted by Crippen LogP contribution is 2.28. The van der Waals surface area contributed by atoms with Crippen molar-refractivity contribution in [2.75, 3.05) is 26.2 Å². The zero-order valence-electron chi connectivity index (χ0n) is 19.7. The molecule has 1 aliphatic rings. The molecule has 8 N–H and O–H groups in total. The summed E-state index contributed by atoms with van der Waals surface area (Å²) in [5, 5.41) is 24.9. The molecule has 0 aromatic heterocycles. The Bertz CT molecular complexity index is 1050. The minimum absolute atomic E-state index is 0.0341. The Morgan fingerprint density at radius 3 is 2.03 bits per heavy atom. The fourth-order valence-corrected chi connectivity index (χ4v) is 3.46. The maximum atomic E-state index is 13.1. The van der Waals surface area contributed by atoms with Crippen LogP contribution < -0.4 is 16.9 Å². The number of Topliss-reactive ketones (excluding diaryl/α,β-unsaturated/α-hetero) is 1. The van der Waals surface area contributed by atoms with Gasteiger partial charge in [-0.1, -0.05) is 12.1 Å². The molecule has 16 heteroatoms. The van der Waals surface area contributed by atoms with Crippen molar-refractivity contribution in [3.8, 4) is 0 Å². The molecule has 1 aromatic carbocycles. The average molecular weight is 532 g/mol. The Morgan fingerprint density at radius 2 is 1.62 bits per heavy atom. The van der Waals surface area contributed by atoms with Crippen LogP contribution in [0.4, 0.5) is 13.2 Å². The number of aliphatic carboxylic acids is 2. The number of nitrogens with two attached hydrogens (primary N) is 2. The van der Waals surface area contributed by atoms with Gasteiger partial charge in [0.15, 0.2) is 11.3 Å². The molecule has 37 heavy (non-hydrogen) atoms. The number of alkyl halides is 3. The van der Waals surface area contributed by atoms with Gasteiger partial charge in [-0.15, -0.1) is 0 Å². The lowest BCUT2D eigenvalue weighted by atomic mass is 9.84. The van der Waals surface area contributed by atoms with Gasteiger partial charge >= 0.3 is 18.1 Å². The van der Waals surface area contributed by atoms with E-state index >= 15 is 0 Å². The van der Waals surface area contributed by atoms with Gasteiger partial charge in [0.25, 0.3) is 11.8 Å². The smallest absolute Gasteiger partial charge is 0.480 e. The third-order valence-corrected chi connectivity index (χ3v) is 5.28. The number of ketones is 1. The fraction of sp³-hybridized carbons (Fsp3) is 0.429. The van der Waals surface area contributed by atoms with Gasteiger partial charge in [-0.05, 0) is 38.4 Å². The van der Waals surface area contributed by atoms with E-state index in [1.807, 2.05) is 0 Å². The second-order valence-corrected chi connectivity index (χ2v) is 7.82. The zero-order valence-corrected chi connectivity index (χ0v) is 19.7. The van der Waals surface area contributed by atoms with E-state index in [0.717, 1.165) is 4.90 Å². The summed E-state index contributed by atoms with van der Waals surface area (Å²) in [5.74, 6) is -5.83. The Hall–Kier alpha value is -4.05. The van der Waals surface area contributed by atoms with Gasteiger partial charge in [-0.25, -0.2) is 4.79 Å². The summed E-state index contributed by atoms with van der Waals surface area (Å²) in [6.07, 6.45) is -4.72. The molecule has 1 atom stereocenters. The molecular formula is C21H27F3N6O7. The number of piperazine rings is 1. The molecular weight excluding hydrogens is 505 g/mol. The second kappa shape index (κ2) is 12.8. The molecule has 1 fully saturated rings. The Kier molecular flexibility index (Phi) is 10.7. The molecule has 2 amide bonds. The minimum atomic E-state index is -5.08. The van der Waals surface area contributed by atoms with Gasteiger partial charge < -0.3 is 26.6 Å². The summed E-state index contributed by atoms with van der Waals surface area (Å²) in [6, 6.07) is 5.98. The van der Waals surface area contributed by atoms with Gasteiger partial charge in [0, 0.05) is 24.2 Å². The number of benzene rings is 1. The van der Waals surface area contributed by atoms with E-state index in [1.54, 1.807) is 0 Å². The molecule has 204 valence electrons.